The van der Waals surface area contributed by atoms with Crippen LogP contribution in [0, 0.1) is 5.92 Å². The molecule has 0 radical (unpaired) electrons. The summed E-state index contributed by atoms with van der Waals surface area (Å²) in [6, 6.07) is 8.04. The molecule has 1 saturated heterocycles. The fourth-order valence-electron chi connectivity index (χ4n) is 2.75. The first-order chi connectivity index (χ1) is 10.9. The van der Waals surface area contributed by atoms with Gasteiger partial charge < -0.3 is 16.0 Å². The summed E-state index contributed by atoms with van der Waals surface area (Å²) in [5.41, 5.74) is 7.33. The molecule has 0 aromatic heterocycles. The second kappa shape index (κ2) is 7.13. The van der Waals surface area contributed by atoms with Crippen LogP contribution in [-0.2, 0) is 16.0 Å². The van der Waals surface area contributed by atoms with Gasteiger partial charge in [0.25, 0.3) is 0 Å². The highest BCUT2D eigenvalue weighted by atomic mass is 16.2. The fourth-order valence-corrected chi connectivity index (χ4v) is 2.75. The van der Waals surface area contributed by atoms with Gasteiger partial charge in [0.2, 0.25) is 11.8 Å². The van der Waals surface area contributed by atoms with E-state index in [1.54, 1.807) is 4.90 Å². The van der Waals surface area contributed by atoms with Crippen molar-refractivity contribution in [3.63, 3.8) is 0 Å². The minimum atomic E-state index is -0.449. The van der Waals surface area contributed by atoms with Crippen LogP contribution in [-0.4, -0.2) is 30.4 Å². The number of nitrogens with two attached hydrogens (primary N) is 1. The Kier molecular flexibility index (Phi) is 5.42. The number of anilines is 1. The first-order valence-electron chi connectivity index (χ1n) is 8.27. The number of nitrogens with zero attached hydrogens (tertiary/aromatic N) is 1. The Morgan fingerprint density at radius 2 is 2.00 bits per heavy atom. The molecule has 1 unspecified atom stereocenters. The average molecular weight is 317 g/mol. The molecule has 1 heterocycles. The van der Waals surface area contributed by atoms with Crippen LogP contribution in [0.15, 0.2) is 24.3 Å². The number of carbonyl (C=O) groups excluding carboxylic acids is 2. The Balaban J connectivity index is 2.03. The van der Waals surface area contributed by atoms with Gasteiger partial charge in [-0.05, 0) is 38.0 Å². The molecule has 0 aliphatic carbocycles. The van der Waals surface area contributed by atoms with Gasteiger partial charge in [-0.15, -0.1) is 0 Å². The van der Waals surface area contributed by atoms with Crippen LogP contribution >= 0.6 is 0 Å². The SMILES string of the molecule is CCCc1ccc(N2CC(C(=O)NC(C)(C)CN)CC2=O)cc1. The number of hydrogen-bond donors (Lipinski definition) is 2. The smallest absolute Gasteiger partial charge is 0.227 e. The van der Waals surface area contributed by atoms with Gasteiger partial charge in [-0.2, -0.15) is 0 Å². The molecule has 2 amide bonds. The number of rotatable bonds is 6. The number of nitrogens with one attached hydrogen (secondary N) is 1. The number of carbonyl (C=O) groups is 2. The summed E-state index contributed by atoms with van der Waals surface area (Å²) in [7, 11) is 0. The molecular formula is C18H27N3O2. The van der Waals surface area contributed by atoms with Gasteiger partial charge in [-0.25, -0.2) is 0 Å². The summed E-state index contributed by atoms with van der Waals surface area (Å²) in [5.74, 6) is -0.415. The molecule has 2 rings (SSSR count). The summed E-state index contributed by atoms with van der Waals surface area (Å²) in [6.07, 6.45) is 2.39. The van der Waals surface area contributed by atoms with Crippen LogP contribution in [0.4, 0.5) is 5.69 Å². The van der Waals surface area contributed by atoms with Crippen molar-refractivity contribution in [2.75, 3.05) is 18.0 Å². The maximum absolute atomic E-state index is 12.3. The van der Waals surface area contributed by atoms with E-state index in [0.29, 0.717) is 13.1 Å². The lowest BCUT2D eigenvalue weighted by atomic mass is 10.0. The van der Waals surface area contributed by atoms with Crippen molar-refractivity contribution < 1.29 is 9.59 Å². The average Bonchev–Trinajstić information content (AvgIpc) is 2.90. The Morgan fingerprint density at radius 1 is 1.35 bits per heavy atom. The fraction of sp³-hybridized carbons (Fsp3) is 0.556. The van der Waals surface area contributed by atoms with E-state index < -0.39 is 5.54 Å². The van der Waals surface area contributed by atoms with E-state index in [1.807, 2.05) is 26.0 Å². The standard InChI is InChI=1S/C18H27N3O2/c1-4-5-13-6-8-15(9-7-13)21-11-14(10-16(21)22)17(23)20-18(2,3)12-19/h6-9,14H,4-5,10-12,19H2,1-3H3,(H,20,23). The van der Waals surface area contributed by atoms with Crippen molar-refractivity contribution in [3.8, 4) is 0 Å². The zero-order valence-electron chi connectivity index (χ0n) is 14.3. The van der Waals surface area contributed by atoms with E-state index in [2.05, 4.69) is 24.4 Å². The molecule has 1 aliphatic heterocycles. The maximum Gasteiger partial charge on any atom is 0.227 e. The largest absolute Gasteiger partial charge is 0.350 e. The van der Waals surface area contributed by atoms with Crippen molar-refractivity contribution in [1.29, 1.82) is 0 Å². The summed E-state index contributed by atoms with van der Waals surface area (Å²) in [5, 5.41) is 2.92. The van der Waals surface area contributed by atoms with Crippen molar-refractivity contribution in [3.05, 3.63) is 29.8 Å². The van der Waals surface area contributed by atoms with Crippen LogP contribution in [0.5, 0.6) is 0 Å². The van der Waals surface area contributed by atoms with Crippen molar-refractivity contribution in [2.24, 2.45) is 11.7 Å². The third-order valence-corrected chi connectivity index (χ3v) is 4.25. The highest BCUT2D eigenvalue weighted by Gasteiger charge is 2.36. The monoisotopic (exact) mass is 317 g/mol. The van der Waals surface area contributed by atoms with Gasteiger partial charge in [0.1, 0.15) is 0 Å². The van der Waals surface area contributed by atoms with Gasteiger partial charge in [0.15, 0.2) is 0 Å². The molecule has 1 fully saturated rings. The van der Waals surface area contributed by atoms with Gasteiger partial charge >= 0.3 is 0 Å². The molecule has 23 heavy (non-hydrogen) atoms. The quantitative estimate of drug-likeness (QED) is 0.840. The molecule has 126 valence electrons. The van der Waals surface area contributed by atoms with Gasteiger partial charge in [-0.1, -0.05) is 25.5 Å². The Labute approximate surface area is 138 Å². The molecule has 5 nitrogen and oxygen atoms in total. The van der Waals surface area contributed by atoms with Crippen LogP contribution in [0.2, 0.25) is 0 Å². The lowest BCUT2D eigenvalue weighted by molar-refractivity contribution is -0.127. The van der Waals surface area contributed by atoms with Crippen molar-refractivity contribution >= 4 is 17.5 Å². The second-order valence-corrected chi connectivity index (χ2v) is 6.90. The van der Waals surface area contributed by atoms with Crippen molar-refractivity contribution in [1.82, 2.24) is 5.32 Å². The van der Waals surface area contributed by atoms with Crippen LogP contribution < -0.4 is 16.0 Å². The normalized spacial score (nSPS) is 18.3. The van der Waals surface area contributed by atoms with Gasteiger partial charge in [0, 0.05) is 30.7 Å². The molecule has 0 spiro atoms. The number of aryl methyl sites for hydroxylation is 1. The molecule has 0 saturated carbocycles. The number of benzene rings is 1. The van der Waals surface area contributed by atoms with E-state index in [1.165, 1.54) is 5.56 Å². The zero-order valence-corrected chi connectivity index (χ0v) is 14.3. The molecule has 1 atom stereocenters. The van der Waals surface area contributed by atoms with E-state index in [4.69, 9.17) is 5.73 Å². The molecule has 5 heteroatoms. The van der Waals surface area contributed by atoms with E-state index in [-0.39, 0.29) is 24.2 Å². The minimum absolute atomic E-state index is 0.000976. The molecule has 0 bridgehead atoms. The van der Waals surface area contributed by atoms with E-state index in [0.717, 1.165) is 18.5 Å². The molecular weight excluding hydrogens is 290 g/mol. The van der Waals surface area contributed by atoms with Crippen molar-refractivity contribution in [2.45, 2.75) is 45.6 Å². The summed E-state index contributed by atoms with van der Waals surface area (Å²) in [6.45, 7) is 6.70. The maximum atomic E-state index is 12.3. The second-order valence-electron chi connectivity index (χ2n) is 6.90. The third-order valence-electron chi connectivity index (χ3n) is 4.25. The molecule has 1 aliphatic rings. The zero-order chi connectivity index (χ0) is 17.0. The summed E-state index contributed by atoms with van der Waals surface area (Å²) >= 11 is 0. The van der Waals surface area contributed by atoms with Crippen LogP contribution in [0.1, 0.15) is 39.2 Å². The lowest BCUT2D eigenvalue weighted by Gasteiger charge is -2.26. The predicted molar refractivity (Wildman–Crippen MR) is 92.2 cm³/mol. The molecule has 1 aromatic carbocycles. The lowest BCUT2D eigenvalue weighted by Crippen LogP contribution is -2.51. The first kappa shape index (κ1) is 17.5. The predicted octanol–water partition coefficient (Wildman–Crippen LogP) is 1.85. The van der Waals surface area contributed by atoms with E-state index in [9.17, 15) is 9.59 Å². The Hall–Kier alpha value is -1.88. The van der Waals surface area contributed by atoms with Gasteiger partial charge in [0.05, 0.1) is 5.92 Å². The highest BCUT2D eigenvalue weighted by molar-refractivity contribution is 6.00. The first-order valence-corrected chi connectivity index (χ1v) is 8.27. The topological polar surface area (TPSA) is 75.4 Å². The summed E-state index contributed by atoms with van der Waals surface area (Å²) < 4.78 is 0. The highest BCUT2D eigenvalue weighted by Crippen LogP contribution is 2.26. The van der Waals surface area contributed by atoms with Crippen LogP contribution in [0.25, 0.3) is 0 Å². The molecule has 1 aromatic rings. The van der Waals surface area contributed by atoms with Gasteiger partial charge in [-0.3, -0.25) is 9.59 Å². The Morgan fingerprint density at radius 3 is 2.57 bits per heavy atom. The van der Waals surface area contributed by atoms with E-state index >= 15 is 0 Å². The van der Waals surface area contributed by atoms with Crippen LogP contribution in [0.3, 0.4) is 0 Å². The summed E-state index contributed by atoms with van der Waals surface area (Å²) in [4.78, 5) is 26.3. The number of amides is 2. The molecule has 3 N–H and O–H groups in total. The minimum Gasteiger partial charge on any atom is -0.350 e. The Bertz CT molecular complexity index is 566. The number of hydrogen-bond acceptors (Lipinski definition) is 3. The third kappa shape index (κ3) is 4.32.